The van der Waals surface area contributed by atoms with Crippen molar-refractivity contribution in [1.29, 1.82) is 0 Å². The predicted octanol–water partition coefficient (Wildman–Crippen LogP) is 4.34. The molecule has 0 saturated heterocycles. The Morgan fingerprint density at radius 2 is 1.18 bits per heavy atom. The summed E-state index contributed by atoms with van der Waals surface area (Å²) in [5, 5.41) is 22.8. The van der Waals surface area contributed by atoms with E-state index < -0.39 is 15.3 Å². The van der Waals surface area contributed by atoms with Gasteiger partial charge in [-0.05, 0) is 48.5 Å². The van der Waals surface area contributed by atoms with E-state index in [1.54, 1.807) is 36.4 Å². The van der Waals surface area contributed by atoms with Gasteiger partial charge in [0.1, 0.15) is 0 Å². The molecule has 0 aliphatic carbocycles. The first kappa shape index (κ1) is 24.7. The second-order valence-electron chi connectivity index (χ2n) is 7.53. The molecule has 0 unspecified atom stereocenters. The molecule has 0 aliphatic rings. The zero-order valence-electron chi connectivity index (χ0n) is 17.9. The van der Waals surface area contributed by atoms with Crippen molar-refractivity contribution < 1.29 is 30.9 Å². The van der Waals surface area contributed by atoms with Gasteiger partial charge < -0.3 is 30.2 Å². The van der Waals surface area contributed by atoms with Crippen molar-refractivity contribution in [2.75, 3.05) is 0 Å². The van der Waals surface area contributed by atoms with Gasteiger partial charge in [-0.2, -0.15) is 0 Å². The molecule has 0 spiro atoms. The first-order valence-electron chi connectivity index (χ1n) is 9.77. The topological polar surface area (TPSA) is 138 Å². The molecule has 0 aromatic carbocycles. The van der Waals surface area contributed by atoms with Gasteiger partial charge >= 0.3 is 21.1 Å². The van der Waals surface area contributed by atoms with Crippen LogP contribution in [0, 0.1) is 32.4 Å². The molecule has 0 atom stereocenters. The fourth-order valence-corrected chi connectivity index (χ4v) is 3.34. The Hall–Kier alpha value is -3.91. The van der Waals surface area contributed by atoms with E-state index in [-0.39, 0.29) is 43.8 Å². The standard InChI is InChI=1S/C23H16N6O4.Pt/c1-23(2,19-11-3-9-17(26-19)15-7-5-13-24-21(15)28(30)31)20-12-4-10-18(27-20)16-8-6-14-25-22(16)29(32)33;/h3-6,9-14H,1-2H3;/q-2;+2. The van der Waals surface area contributed by atoms with Gasteiger partial charge in [0, 0.05) is 16.8 Å². The van der Waals surface area contributed by atoms with Gasteiger partial charge in [-0.15, -0.1) is 34.2 Å². The van der Waals surface area contributed by atoms with E-state index in [0.29, 0.717) is 22.8 Å². The average Bonchev–Trinajstić information content (AvgIpc) is 2.84. The van der Waals surface area contributed by atoms with Crippen LogP contribution in [0.15, 0.2) is 60.9 Å². The Bertz CT molecular complexity index is 1280. The Kier molecular flexibility index (Phi) is 7.22. The summed E-state index contributed by atoms with van der Waals surface area (Å²) in [5.74, 6) is -0.668. The third kappa shape index (κ3) is 4.72. The van der Waals surface area contributed by atoms with Crippen LogP contribution in [-0.2, 0) is 26.5 Å². The van der Waals surface area contributed by atoms with Crippen LogP contribution in [0.4, 0.5) is 11.6 Å². The summed E-state index contributed by atoms with van der Waals surface area (Å²) in [6.45, 7) is 3.79. The summed E-state index contributed by atoms with van der Waals surface area (Å²) in [6.07, 6.45) is 2.61. The van der Waals surface area contributed by atoms with Crippen molar-refractivity contribution in [1.82, 2.24) is 19.9 Å². The summed E-state index contributed by atoms with van der Waals surface area (Å²) in [7, 11) is 0. The van der Waals surface area contributed by atoms with E-state index in [2.05, 4.69) is 32.1 Å². The summed E-state index contributed by atoms with van der Waals surface area (Å²) in [6, 6.07) is 19.0. The minimum Gasteiger partial charge on any atom is -0.366 e. The molecule has 4 aromatic heterocycles. The van der Waals surface area contributed by atoms with E-state index in [1.807, 2.05) is 13.8 Å². The SMILES string of the molecule is CC(C)(c1cccc(-c2[c-]ccnc2[N+](=O)[O-])n1)c1cccc(-c2[c-]ccnc2[N+](=O)[O-])n1.[Pt+2]. The van der Waals surface area contributed by atoms with E-state index in [9.17, 15) is 20.2 Å². The van der Waals surface area contributed by atoms with Crippen LogP contribution in [0.2, 0.25) is 0 Å². The Morgan fingerprint density at radius 1 is 0.765 bits per heavy atom. The summed E-state index contributed by atoms with van der Waals surface area (Å²) < 4.78 is 0. The van der Waals surface area contributed by atoms with Crippen LogP contribution < -0.4 is 0 Å². The molecule has 0 N–H and O–H groups in total. The fourth-order valence-electron chi connectivity index (χ4n) is 3.34. The number of aromatic nitrogens is 4. The zero-order chi connectivity index (χ0) is 23.6. The van der Waals surface area contributed by atoms with Crippen LogP contribution in [0.3, 0.4) is 0 Å². The Labute approximate surface area is 208 Å². The fraction of sp³-hybridized carbons (Fsp3) is 0.130. The van der Waals surface area contributed by atoms with E-state index in [4.69, 9.17) is 0 Å². The Balaban J connectivity index is 0.00000324. The second-order valence-corrected chi connectivity index (χ2v) is 7.53. The molecule has 0 fully saturated rings. The van der Waals surface area contributed by atoms with Gasteiger partial charge in [-0.25, -0.2) is 0 Å². The Morgan fingerprint density at radius 3 is 1.56 bits per heavy atom. The second kappa shape index (κ2) is 9.92. The molecule has 0 saturated carbocycles. The first-order valence-corrected chi connectivity index (χ1v) is 9.77. The van der Waals surface area contributed by atoms with Crippen molar-refractivity contribution in [3.05, 3.63) is 105 Å². The van der Waals surface area contributed by atoms with Crippen molar-refractivity contribution in [3.8, 4) is 22.5 Å². The number of pyridine rings is 4. The summed E-state index contributed by atoms with van der Waals surface area (Å²) >= 11 is 0. The van der Waals surface area contributed by atoms with Gasteiger partial charge in [-0.3, -0.25) is 0 Å². The van der Waals surface area contributed by atoms with E-state index in [0.717, 1.165) is 0 Å². The minimum absolute atomic E-state index is 0. The maximum Gasteiger partial charge on any atom is 2.00 e. The van der Waals surface area contributed by atoms with Crippen molar-refractivity contribution in [2.45, 2.75) is 19.3 Å². The van der Waals surface area contributed by atoms with Crippen molar-refractivity contribution >= 4 is 11.6 Å². The molecule has 0 aliphatic heterocycles. The number of rotatable bonds is 6. The zero-order valence-corrected chi connectivity index (χ0v) is 20.2. The van der Waals surface area contributed by atoms with Crippen LogP contribution >= 0.6 is 0 Å². The monoisotopic (exact) mass is 635 g/mol. The molecular formula is C23H16N6O4Pt. The van der Waals surface area contributed by atoms with Gasteiger partial charge in [0.15, 0.2) is 0 Å². The summed E-state index contributed by atoms with van der Waals surface area (Å²) in [4.78, 5) is 38.5. The molecule has 0 amide bonds. The molecule has 0 bridgehead atoms. The molecule has 4 heterocycles. The minimum atomic E-state index is -0.736. The smallest absolute Gasteiger partial charge is 0.366 e. The quantitative estimate of drug-likeness (QED) is 0.173. The number of hydrogen-bond acceptors (Lipinski definition) is 8. The largest absolute Gasteiger partial charge is 2.00 e. The van der Waals surface area contributed by atoms with Gasteiger partial charge in [0.2, 0.25) is 0 Å². The van der Waals surface area contributed by atoms with Crippen LogP contribution in [0.1, 0.15) is 25.2 Å². The van der Waals surface area contributed by atoms with Crippen LogP contribution in [-0.4, -0.2) is 29.8 Å². The van der Waals surface area contributed by atoms with Crippen molar-refractivity contribution in [3.63, 3.8) is 0 Å². The van der Waals surface area contributed by atoms with E-state index >= 15 is 0 Å². The molecule has 4 rings (SSSR count). The summed E-state index contributed by atoms with van der Waals surface area (Å²) in [5.41, 5.74) is 1.53. The van der Waals surface area contributed by atoms with Crippen molar-refractivity contribution in [2.24, 2.45) is 0 Å². The molecule has 11 heteroatoms. The third-order valence-corrected chi connectivity index (χ3v) is 5.08. The van der Waals surface area contributed by atoms with Crippen LogP contribution in [0.25, 0.3) is 22.5 Å². The number of hydrogen-bond donors (Lipinski definition) is 0. The van der Waals surface area contributed by atoms with Gasteiger partial charge in [-0.1, -0.05) is 34.1 Å². The molecular weight excluding hydrogens is 619 g/mol. The number of nitro groups is 2. The maximum absolute atomic E-state index is 11.4. The molecule has 0 radical (unpaired) electrons. The molecule has 10 nitrogen and oxygen atoms in total. The van der Waals surface area contributed by atoms with Gasteiger partial charge in [0.05, 0.1) is 12.4 Å². The first-order chi connectivity index (χ1) is 15.8. The maximum atomic E-state index is 11.4. The molecule has 172 valence electrons. The predicted molar refractivity (Wildman–Crippen MR) is 118 cm³/mol. The van der Waals surface area contributed by atoms with E-state index in [1.165, 1.54) is 24.5 Å². The molecule has 34 heavy (non-hydrogen) atoms. The van der Waals surface area contributed by atoms with Crippen LogP contribution in [0.5, 0.6) is 0 Å². The molecule has 4 aromatic rings. The van der Waals surface area contributed by atoms with Gasteiger partial charge in [0.25, 0.3) is 11.6 Å². The third-order valence-electron chi connectivity index (χ3n) is 5.08. The average molecular weight is 635 g/mol. The normalized spacial score (nSPS) is 10.9. The number of nitrogens with zero attached hydrogens (tertiary/aromatic N) is 6.